The van der Waals surface area contributed by atoms with Gasteiger partial charge in [0.1, 0.15) is 5.49 Å². The number of hydrogen-bond acceptors (Lipinski definition) is 3. The molecule has 0 radical (unpaired) electrons. The maximum absolute atomic E-state index is 16.5. The highest BCUT2D eigenvalue weighted by molar-refractivity contribution is 6.35. The number of aromatic nitrogens is 2. The fraction of sp³-hybridized carbons (Fsp3) is 0. The Morgan fingerprint density at radius 3 is 1.01 bits per heavy atom. The number of allylic oxidation sites excluding steroid dienone is 6. The normalized spacial score (nSPS) is 14.7. The van der Waals surface area contributed by atoms with Gasteiger partial charge in [-0.3, -0.25) is 4.40 Å². The summed E-state index contributed by atoms with van der Waals surface area (Å²) in [6.45, 7) is 0. The van der Waals surface area contributed by atoms with Crippen LogP contribution < -0.4 is 16.2 Å². The van der Waals surface area contributed by atoms with Gasteiger partial charge in [0, 0.05) is 44.1 Å². The Kier molecular flexibility index (Phi) is 12.5. The van der Waals surface area contributed by atoms with Crippen LogP contribution in [-0.4, -0.2) is 20.8 Å². The molecule has 5 aromatic carbocycles. The molecule has 0 atom stereocenters. The monoisotopic (exact) mass is 1220 g/mol. The molecule has 0 aliphatic carbocycles. The van der Waals surface area contributed by atoms with E-state index in [0.717, 1.165) is 0 Å². The third kappa shape index (κ3) is 7.54. The van der Waals surface area contributed by atoms with Gasteiger partial charge in [0.15, 0.2) is 116 Å². The summed E-state index contributed by atoms with van der Waals surface area (Å²) in [5.74, 6) is -69.6. The minimum absolute atomic E-state index is 0.322. The number of H-pyrrole nitrogens is 1. The predicted octanol–water partition coefficient (Wildman–Crippen LogP) is 13.4. The summed E-state index contributed by atoms with van der Waals surface area (Å²) in [6.07, 6.45) is 2.19. The van der Waals surface area contributed by atoms with E-state index in [1.807, 2.05) is 0 Å². The summed E-state index contributed by atoms with van der Waals surface area (Å²) in [6, 6.07) is 2.08. The third-order valence-electron chi connectivity index (χ3n) is 13.7. The van der Waals surface area contributed by atoms with Crippen LogP contribution in [0, 0.1) is 145 Å². The standard InChI is InChI=1S/C55H10F25N5/c56-30-25(31(57)41(67)50(76)40(30)66)20-10-9-17-23(28-36(62)46(72)53(79)47(73)37(28)63)15-4-3-13(82-15)21(26-32(58)42(68)51(77)43(69)33(26)59)11-1-2-12(81-11)22(27-34(60)44(70)52(78)45(71)35(27)61)14-5-6-16(83-14)24(19-8-7-18(20)85(19)55(10)84-17)29-38(64)48(74)54(80)49(75)39(29)65/h1-9,82H. The molecule has 430 valence electrons. The lowest BCUT2D eigenvalue weighted by Gasteiger charge is -2.15. The summed E-state index contributed by atoms with van der Waals surface area (Å²) in [5, 5.41) is -2.30. The zero-order valence-corrected chi connectivity index (χ0v) is 39.9. The fourth-order valence-corrected chi connectivity index (χ4v) is 10.0. The van der Waals surface area contributed by atoms with Crippen LogP contribution in [0.15, 0.2) is 80.6 Å². The molecule has 1 N–H and O–H groups in total. The summed E-state index contributed by atoms with van der Waals surface area (Å²) in [4.78, 5) is 14.1. The van der Waals surface area contributed by atoms with E-state index >= 15 is 87.8 Å². The largest absolute Gasteiger partial charge is 0.354 e. The Morgan fingerprint density at radius 1 is 0.282 bits per heavy atom. The molecule has 4 aliphatic heterocycles. The molecule has 30 heteroatoms. The molecular formula is C55H10F25N5. The number of hydrogen-bond donors (Lipinski definition) is 1. The first-order valence-electron chi connectivity index (χ1n) is 23.0. The number of rotatable bonds is 5. The van der Waals surface area contributed by atoms with Gasteiger partial charge in [0.25, 0.3) is 0 Å². The summed E-state index contributed by atoms with van der Waals surface area (Å²) in [7, 11) is 0. The topological polar surface area (TPSA) is 57.3 Å². The van der Waals surface area contributed by atoms with Crippen molar-refractivity contribution >= 4 is 45.3 Å². The molecule has 0 spiro atoms. The van der Waals surface area contributed by atoms with Crippen LogP contribution in [0.2, 0.25) is 0 Å². The Morgan fingerprint density at radius 2 is 0.600 bits per heavy atom. The Labute approximate surface area is 450 Å². The minimum atomic E-state index is -2.87. The summed E-state index contributed by atoms with van der Waals surface area (Å²) in [5.41, 5.74) is -28.4. The van der Waals surface area contributed by atoms with E-state index in [9.17, 15) is 22.0 Å². The molecule has 8 bridgehead atoms. The zero-order chi connectivity index (χ0) is 61.3. The maximum Gasteiger partial charge on any atom is 0.200 e. The number of benzene rings is 5. The molecule has 0 saturated heterocycles. The second-order valence-electron chi connectivity index (χ2n) is 18.1. The van der Waals surface area contributed by atoms with Gasteiger partial charge in [-0.15, -0.1) is 0 Å². The number of nitrogens with one attached hydrogen (secondary N) is 1. The van der Waals surface area contributed by atoms with Crippen molar-refractivity contribution in [3.63, 3.8) is 0 Å². The van der Waals surface area contributed by atoms with Gasteiger partial charge < -0.3 is 4.98 Å². The van der Waals surface area contributed by atoms with Crippen molar-refractivity contribution in [2.45, 2.75) is 0 Å². The first-order chi connectivity index (χ1) is 40.1. The van der Waals surface area contributed by atoms with Gasteiger partial charge in [-0.25, -0.2) is 125 Å². The molecule has 0 fully saturated rings. The zero-order valence-electron chi connectivity index (χ0n) is 39.9. The van der Waals surface area contributed by atoms with Crippen LogP contribution in [0.25, 0.3) is 45.0 Å². The molecule has 5 nitrogen and oxygen atoms in total. The van der Waals surface area contributed by atoms with E-state index in [4.69, 9.17) is 0 Å². The molecule has 0 unspecified atom stereocenters. The molecule has 3 aromatic heterocycles. The maximum atomic E-state index is 16.5. The van der Waals surface area contributed by atoms with Gasteiger partial charge >= 0.3 is 0 Å². The van der Waals surface area contributed by atoms with E-state index in [1.54, 1.807) is 0 Å². The van der Waals surface area contributed by atoms with E-state index < -0.39 is 263 Å². The molecule has 0 saturated carbocycles. The second kappa shape index (κ2) is 19.1. The molecule has 0 amide bonds. The van der Waals surface area contributed by atoms with Crippen molar-refractivity contribution in [2.24, 2.45) is 15.0 Å². The molecule has 12 rings (SSSR count). The van der Waals surface area contributed by atoms with Crippen LogP contribution in [0.4, 0.5) is 110 Å². The van der Waals surface area contributed by atoms with Crippen LogP contribution >= 0.6 is 0 Å². The van der Waals surface area contributed by atoms with Crippen LogP contribution in [-0.2, 0) is 0 Å². The van der Waals surface area contributed by atoms with Crippen molar-refractivity contribution in [3.8, 4) is 11.1 Å². The fourth-order valence-electron chi connectivity index (χ4n) is 10.0. The highest BCUT2D eigenvalue weighted by atomic mass is 19.2. The van der Waals surface area contributed by atoms with Crippen LogP contribution in [0.5, 0.6) is 0 Å². The lowest BCUT2D eigenvalue weighted by atomic mass is 9.97. The lowest BCUT2D eigenvalue weighted by molar-refractivity contribution is 0.376. The molecule has 85 heavy (non-hydrogen) atoms. The quantitative estimate of drug-likeness (QED) is 0.101. The average Bonchev–Trinajstić information content (AvgIpc) is 1.69. The van der Waals surface area contributed by atoms with E-state index in [-0.39, 0.29) is 0 Å². The van der Waals surface area contributed by atoms with Crippen molar-refractivity contribution < 1.29 is 110 Å². The van der Waals surface area contributed by atoms with Crippen molar-refractivity contribution in [1.29, 1.82) is 0 Å². The van der Waals surface area contributed by atoms with Crippen LogP contribution in [0.3, 0.4) is 0 Å². The molecule has 8 aromatic rings. The first-order valence-corrected chi connectivity index (χ1v) is 23.0. The average molecular weight is 1220 g/mol. The van der Waals surface area contributed by atoms with Crippen molar-refractivity contribution in [1.82, 2.24) is 9.38 Å². The third-order valence-corrected chi connectivity index (χ3v) is 13.7. The van der Waals surface area contributed by atoms with Crippen molar-refractivity contribution in [3.05, 3.63) is 261 Å². The van der Waals surface area contributed by atoms with Gasteiger partial charge in [-0.05, 0) is 54.6 Å². The Bertz CT molecular complexity index is 4850. The molecule has 4 aliphatic rings. The smallest absolute Gasteiger partial charge is 0.200 e. The van der Waals surface area contributed by atoms with Crippen molar-refractivity contribution in [2.75, 3.05) is 0 Å². The second-order valence-corrected chi connectivity index (χ2v) is 18.1. The number of aromatic amines is 1. The van der Waals surface area contributed by atoms with Crippen LogP contribution in [0.1, 0.15) is 33.5 Å². The highest BCUT2D eigenvalue weighted by Gasteiger charge is 2.40. The Balaban J connectivity index is 1.37. The minimum Gasteiger partial charge on any atom is -0.354 e. The number of fused-ring (bicyclic) bond motifs is 5. The SMILES string of the molecule is Fc1c(F)c(F)c(C2=C3C=CC(=N3)C(c3c(F)c(F)c(F)c(F)c3F)=c3ccc([nH]3)=C(c3c(F)c(F)c(F)c(F)c3F)C3=Cc4c(-c5c(F)c(F)c(F)c(F)c5F)c5ccc(n5c4=N3)C(c3c(F)c(F)c(F)c(F)c3F)=C3C=CC2=N3)c(F)c1F. The van der Waals surface area contributed by atoms with Gasteiger partial charge in [-0.1, -0.05) is 0 Å². The molecular weight excluding hydrogens is 1210 g/mol. The molecule has 7 heterocycles. The van der Waals surface area contributed by atoms with Gasteiger partial charge in [-0.2, -0.15) is 0 Å². The Hall–Kier alpha value is -9.90. The lowest BCUT2D eigenvalue weighted by Crippen LogP contribution is -2.23. The number of halogens is 25. The number of aliphatic imine (C=N–C) groups is 2. The summed E-state index contributed by atoms with van der Waals surface area (Å²) < 4.78 is 390. The van der Waals surface area contributed by atoms with E-state index in [2.05, 4.69) is 20.0 Å². The highest BCUT2D eigenvalue weighted by Crippen LogP contribution is 2.46. The van der Waals surface area contributed by atoms with E-state index in [0.29, 0.717) is 59.0 Å². The summed E-state index contributed by atoms with van der Waals surface area (Å²) >= 11 is 0. The first kappa shape index (κ1) is 55.6. The number of nitrogens with zero attached hydrogens (tertiary/aromatic N) is 4. The van der Waals surface area contributed by atoms with Gasteiger partial charge in [0.05, 0.1) is 67.5 Å². The van der Waals surface area contributed by atoms with E-state index in [1.165, 1.54) is 0 Å². The predicted molar refractivity (Wildman–Crippen MR) is 243 cm³/mol. The van der Waals surface area contributed by atoms with Gasteiger partial charge in [0.2, 0.25) is 29.1 Å².